The van der Waals surface area contributed by atoms with Crippen molar-refractivity contribution in [2.75, 3.05) is 25.4 Å². The molecule has 0 spiro atoms. The van der Waals surface area contributed by atoms with Gasteiger partial charge >= 0.3 is 0 Å². The largest absolute Gasteiger partial charge is 0.341 e. The number of carbonyl (C=O) groups excluding carboxylic acids is 1. The van der Waals surface area contributed by atoms with Crippen LogP contribution in [-0.2, 0) is 14.8 Å². The summed E-state index contributed by atoms with van der Waals surface area (Å²) in [6.07, 6.45) is 6.51. The van der Waals surface area contributed by atoms with E-state index in [0.717, 1.165) is 32.4 Å². The molecule has 2 aliphatic heterocycles. The normalized spacial score (nSPS) is 25.6. The second-order valence-electron chi connectivity index (χ2n) is 5.82. The Balaban J connectivity index is 2.07. The predicted molar refractivity (Wildman–Crippen MR) is 78.9 cm³/mol. The van der Waals surface area contributed by atoms with E-state index >= 15 is 0 Å². The number of hydrogen-bond acceptors (Lipinski definition) is 3. The van der Waals surface area contributed by atoms with Crippen LogP contribution < -0.4 is 0 Å². The highest BCUT2D eigenvalue weighted by atomic mass is 32.2. The van der Waals surface area contributed by atoms with Crippen molar-refractivity contribution in [1.82, 2.24) is 9.21 Å². The van der Waals surface area contributed by atoms with E-state index in [4.69, 9.17) is 0 Å². The molecule has 1 atom stereocenters. The molecule has 6 heteroatoms. The first-order chi connectivity index (χ1) is 9.56. The Labute approximate surface area is 122 Å². The third-order valence-electron chi connectivity index (χ3n) is 4.23. The molecule has 1 unspecified atom stereocenters. The molecular weight excluding hydrogens is 276 g/mol. The fraction of sp³-hybridized carbons (Fsp3) is 0.929. The van der Waals surface area contributed by atoms with Gasteiger partial charge in [-0.05, 0) is 32.1 Å². The van der Waals surface area contributed by atoms with Crippen LogP contribution in [-0.4, -0.2) is 55.0 Å². The van der Waals surface area contributed by atoms with Crippen molar-refractivity contribution >= 4 is 15.9 Å². The fourth-order valence-electron chi connectivity index (χ4n) is 3.20. The van der Waals surface area contributed by atoms with Gasteiger partial charge < -0.3 is 4.90 Å². The summed E-state index contributed by atoms with van der Waals surface area (Å²) in [5, 5.41) is 0. The second-order valence-corrected chi connectivity index (χ2v) is 7.87. The molecule has 0 aromatic rings. The van der Waals surface area contributed by atoms with E-state index in [-0.39, 0.29) is 11.7 Å². The summed E-state index contributed by atoms with van der Waals surface area (Å²) in [6, 6.07) is -0.440. The quantitative estimate of drug-likeness (QED) is 0.792. The number of carbonyl (C=O) groups is 1. The van der Waals surface area contributed by atoms with Crippen molar-refractivity contribution in [3.8, 4) is 0 Å². The Morgan fingerprint density at radius 3 is 2.30 bits per heavy atom. The molecular formula is C14H26N2O3S. The number of rotatable bonds is 4. The Morgan fingerprint density at radius 2 is 1.70 bits per heavy atom. The van der Waals surface area contributed by atoms with Gasteiger partial charge in [-0.3, -0.25) is 4.79 Å². The number of sulfonamides is 1. The first kappa shape index (κ1) is 15.8. The SMILES string of the molecule is CCCS(=O)(=O)N1CCCC1C(=O)N1CCCCCC1. The number of hydrogen-bond donors (Lipinski definition) is 0. The van der Waals surface area contributed by atoms with Crippen LogP contribution in [0, 0.1) is 0 Å². The summed E-state index contributed by atoms with van der Waals surface area (Å²) in [7, 11) is -3.27. The lowest BCUT2D eigenvalue weighted by atomic mass is 10.2. The van der Waals surface area contributed by atoms with Gasteiger partial charge in [-0.15, -0.1) is 0 Å². The molecule has 2 aliphatic rings. The van der Waals surface area contributed by atoms with Gasteiger partial charge in [0.15, 0.2) is 0 Å². The molecule has 0 N–H and O–H groups in total. The van der Waals surface area contributed by atoms with Crippen LogP contribution in [0.15, 0.2) is 0 Å². The van der Waals surface area contributed by atoms with E-state index in [9.17, 15) is 13.2 Å². The molecule has 0 saturated carbocycles. The third-order valence-corrected chi connectivity index (χ3v) is 6.30. The van der Waals surface area contributed by atoms with Gasteiger partial charge in [0.05, 0.1) is 5.75 Å². The molecule has 0 aromatic carbocycles. The maximum atomic E-state index is 12.6. The third kappa shape index (κ3) is 3.52. The van der Waals surface area contributed by atoms with E-state index in [1.807, 2.05) is 11.8 Å². The first-order valence-electron chi connectivity index (χ1n) is 7.84. The maximum Gasteiger partial charge on any atom is 0.241 e. The van der Waals surface area contributed by atoms with Crippen LogP contribution in [0.1, 0.15) is 51.9 Å². The molecule has 0 aromatic heterocycles. The Kier molecular flexibility index (Phi) is 5.43. The number of likely N-dealkylation sites (tertiary alicyclic amines) is 1. The molecule has 2 heterocycles. The van der Waals surface area contributed by atoms with Crippen LogP contribution in [0.2, 0.25) is 0 Å². The average molecular weight is 302 g/mol. The minimum absolute atomic E-state index is 0.0316. The second kappa shape index (κ2) is 6.89. The first-order valence-corrected chi connectivity index (χ1v) is 9.45. The standard InChI is InChI=1S/C14H26N2O3S/c1-2-12-20(18,19)16-11-7-8-13(16)14(17)15-9-5-3-4-6-10-15/h13H,2-12H2,1H3. The van der Waals surface area contributed by atoms with Crippen molar-refractivity contribution in [2.45, 2.75) is 57.9 Å². The highest BCUT2D eigenvalue weighted by molar-refractivity contribution is 7.89. The zero-order valence-corrected chi connectivity index (χ0v) is 13.2. The summed E-state index contributed by atoms with van der Waals surface area (Å²) in [4.78, 5) is 14.5. The summed E-state index contributed by atoms with van der Waals surface area (Å²) >= 11 is 0. The molecule has 0 radical (unpaired) electrons. The van der Waals surface area contributed by atoms with Gasteiger partial charge in [0, 0.05) is 19.6 Å². The molecule has 20 heavy (non-hydrogen) atoms. The smallest absolute Gasteiger partial charge is 0.241 e. The van der Waals surface area contributed by atoms with Crippen LogP contribution in [0.3, 0.4) is 0 Å². The van der Waals surface area contributed by atoms with Gasteiger partial charge in [-0.25, -0.2) is 8.42 Å². The highest BCUT2D eigenvalue weighted by Crippen LogP contribution is 2.24. The van der Waals surface area contributed by atoms with Crippen molar-refractivity contribution in [2.24, 2.45) is 0 Å². The fourth-order valence-corrected chi connectivity index (χ4v) is 4.94. The lowest BCUT2D eigenvalue weighted by molar-refractivity contribution is -0.134. The summed E-state index contributed by atoms with van der Waals surface area (Å²) in [6.45, 7) is 3.94. The molecule has 116 valence electrons. The van der Waals surface area contributed by atoms with E-state index in [2.05, 4.69) is 0 Å². The Morgan fingerprint density at radius 1 is 1.05 bits per heavy atom. The minimum atomic E-state index is -3.27. The van der Waals surface area contributed by atoms with Gasteiger partial charge in [0.25, 0.3) is 0 Å². The lowest BCUT2D eigenvalue weighted by Gasteiger charge is -2.29. The maximum absolute atomic E-state index is 12.6. The van der Waals surface area contributed by atoms with Crippen molar-refractivity contribution in [3.63, 3.8) is 0 Å². The minimum Gasteiger partial charge on any atom is -0.341 e. The van der Waals surface area contributed by atoms with Crippen molar-refractivity contribution in [1.29, 1.82) is 0 Å². The van der Waals surface area contributed by atoms with Crippen LogP contribution in [0.4, 0.5) is 0 Å². The number of nitrogens with zero attached hydrogens (tertiary/aromatic N) is 2. The molecule has 2 rings (SSSR count). The summed E-state index contributed by atoms with van der Waals surface area (Å²) in [5.41, 5.74) is 0. The summed E-state index contributed by atoms with van der Waals surface area (Å²) < 4.78 is 26.0. The van der Waals surface area contributed by atoms with Gasteiger partial charge in [0.1, 0.15) is 6.04 Å². The zero-order chi connectivity index (χ0) is 14.6. The highest BCUT2D eigenvalue weighted by Gasteiger charge is 2.39. The molecule has 2 saturated heterocycles. The summed E-state index contributed by atoms with van der Waals surface area (Å²) in [5.74, 6) is 0.181. The van der Waals surface area contributed by atoms with Gasteiger partial charge in [-0.1, -0.05) is 19.8 Å². The van der Waals surface area contributed by atoms with Crippen molar-refractivity contribution < 1.29 is 13.2 Å². The molecule has 1 amide bonds. The van der Waals surface area contributed by atoms with E-state index in [1.165, 1.54) is 17.1 Å². The van der Waals surface area contributed by atoms with Crippen molar-refractivity contribution in [3.05, 3.63) is 0 Å². The van der Waals surface area contributed by atoms with E-state index in [1.54, 1.807) is 0 Å². The average Bonchev–Trinajstić information content (AvgIpc) is 2.75. The van der Waals surface area contributed by atoms with Crippen LogP contribution >= 0.6 is 0 Å². The Hall–Kier alpha value is -0.620. The molecule has 0 aliphatic carbocycles. The molecule has 5 nitrogen and oxygen atoms in total. The van der Waals surface area contributed by atoms with Crippen LogP contribution in [0.25, 0.3) is 0 Å². The van der Waals surface area contributed by atoms with Gasteiger partial charge in [-0.2, -0.15) is 4.31 Å². The molecule has 2 fully saturated rings. The topological polar surface area (TPSA) is 57.7 Å². The van der Waals surface area contributed by atoms with Gasteiger partial charge in [0.2, 0.25) is 15.9 Å². The van der Waals surface area contributed by atoms with Crippen LogP contribution in [0.5, 0.6) is 0 Å². The molecule has 0 bridgehead atoms. The lowest BCUT2D eigenvalue weighted by Crippen LogP contribution is -2.48. The van der Waals surface area contributed by atoms with E-state index < -0.39 is 16.1 Å². The van der Waals surface area contributed by atoms with E-state index in [0.29, 0.717) is 19.4 Å². The Bertz CT molecular complexity index is 428. The monoisotopic (exact) mass is 302 g/mol. The zero-order valence-electron chi connectivity index (χ0n) is 12.4. The predicted octanol–water partition coefficient (Wildman–Crippen LogP) is 1.59. The number of amides is 1.